The van der Waals surface area contributed by atoms with Crippen LogP contribution in [0.1, 0.15) is 0 Å². The van der Waals surface area contributed by atoms with Gasteiger partial charge in [-0.2, -0.15) is 4.98 Å². The van der Waals surface area contributed by atoms with E-state index in [1.54, 1.807) is 12.1 Å². The maximum Gasteiger partial charge on any atom is 0.263 e. The second kappa shape index (κ2) is 5.44. The van der Waals surface area contributed by atoms with Gasteiger partial charge >= 0.3 is 0 Å². The second-order valence-corrected chi connectivity index (χ2v) is 4.53. The number of nitrogens with one attached hydrogen (secondary N) is 1. The predicted octanol–water partition coefficient (Wildman–Crippen LogP) is 2.34. The Labute approximate surface area is 119 Å². The van der Waals surface area contributed by atoms with Crippen molar-refractivity contribution in [3.05, 3.63) is 35.6 Å². The molecule has 3 rings (SSSR count). The number of fused-ring (bicyclic) bond motifs is 1. The van der Waals surface area contributed by atoms with E-state index < -0.39 is 0 Å². The van der Waals surface area contributed by atoms with E-state index in [-0.39, 0.29) is 6.61 Å². The fraction of sp³-hybridized carbons (Fsp3) is 0.154. The Bertz CT molecular complexity index is 744. The van der Waals surface area contributed by atoms with Crippen LogP contribution in [0.3, 0.4) is 0 Å². The Balaban J connectivity index is 2.16. The molecule has 7 heteroatoms. The zero-order valence-electron chi connectivity index (χ0n) is 10.4. The van der Waals surface area contributed by atoms with Gasteiger partial charge in [-0.25, -0.2) is 4.98 Å². The van der Waals surface area contributed by atoms with Crippen molar-refractivity contribution in [2.45, 2.75) is 0 Å². The van der Waals surface area contributed by atoms with Crippen LogP contribution in [0.25, 0.3) is 22.4 Å². The zero-order valence-corrected chi connectivity index (χ0v) is 11.1. The highest BCUT2D eigenvalue weighted by atomic mass is 35.5. The number of halogens is 1. The molecule has 0 unspecified atom stereocenters. The van der Waals surface area contributed by atoms with E-state index in [1.165, 1.54) is 6.33 Å². The van der Waals surface area contributed by atoms with Crippen LogP contribution >= 0.6 is 11.6 Å². The lowest BCUT2D eigenvalue weighted by molar-refractivity contribution is 0.311. The summed E-state index contributed by atoms with van der Waals surface area (Å²) in [6.45, 7) is 0.384. The van der Waals surface area contributed by atoms with E-state index in [1.807, 2.05) is 12.1 Å². The van der Waals surface area contributed by atoms with Gasteiger partial charge in [0.2, 0.25) is 0 Å². The lowest BCUT2D eigenvalue weighted by atomic mass is 10.1. The van der Waals surface area contributed by atoms with E-state index in [2.05, 4.69) is 20.4 Å². The Hall–Kier alpha value is -2.18. The van der Waals surface area contributed by atoms with Crippen LogP contribution in [0.15, 0.2) is 35.1 Å². The van der Waals surface area contributed by atoms with E-state index in [0.717, 1.165) is 5.56 Å². The Morgan fingerprint density at radius 3 is 3.00 bits per heavy atom. The van der Waals surface area contributed by atoms with Gasteiger partial charge in [-0.1, -0.05) is 28.9 Å². The second-order valence-electron chi connectivity index (χ2n) is 4.09. The molecule has 2 N–H and O–H groups in total. The number of nitrogens with zero attached hydrogens (tertiary/aromatic N) is 3. The van der Waals surface area contributed by atoms with Crippen molar-refractivity contribution in [1.82, 2.24) is 15.1 Å². The molecule has 0 radical (unpaired) electrons. The summed E-state index contributed by atoms with van der Waals surface area (Å²) < 4.78 is 5.22. The SMILES string of the molecule is OCCNc1ncnc2onc(-c3cccc(Cl)c3)c12. The number of rotatable bonds is 4. The summed E-state index contributed by atoms with van der Waals surface area (Å²) in [4.78, 5) is 8.20. The van der Waals surface area contributed by atoms with Crippen LogP contribution < -0.4 is 5.32 Å². The first-order valence-electron chi connectivity index (χ1n) is 6.00. The van der Waals surface area contributed by atoms with Crippen molar-refractivity contribution in [2.75, 3.05) is 18.5 Å². The number of aliphatic hydroxyl groups excluding tert-OH is 1. The molecule has 0 fully saturated rings. The summed E-state index contributed by atoms with van der Waals surface area (Å²) in [5.74, 6) is 0.570. The smallest absolute Gasteiger partial charge is 0.263 e. The van der Waals surface area contributed by atoms with Crippen LogP contribution in [0, 0.1) is 0 Å². The minimum atomic E-state index is 0.00325. The van der Waals surface area contributed by atoms with Crippen LogP contribution in [-0.4, -0.2) is 33.4 Å². The summed E-state index contributed by atoms with van der Waals surface area (Å²) in [7, 11) is 0. The highest BCUT2D eigenvalue weighted by Gasteiger charge is 2.16. The van der Waals surface area contributed by atoms with Crippen molar-refractivity contribution >= 4 is 28.5 Å². The summed E-state index contributed by atoms with van der Waals surface area (Å²) in [5, 5.41) is 17.2. The minimum Gasteiger partial charge on any atom is -0.395 e. The van der Waals surface area contributed by atoms with E-state index in [0.29, 0.717) is 34.2 Å². The van der Waals surface area contributed by atoms with Gasteiger partial charge in [-0.3, -0.25) is 0 Å². The van der Waals surface area contributed by atoms with E-state index in [4.69, 9.17) is 21.2 Å². The highest BCUT2D eigenvalue weighted by molar-refractivity contribution is 6.30. The minimum absolute atomic E-state index is 0.00325. The van der Waals surface area contributed by atoms with E-state index >= 15 is 0 Å². The number of benzene rings is 1. The van der Waals surface area contributed by atoms with Crippen molar-refractivity contribution in [3.8, 4) is 11.3 Å². The Morgan fingerprint density at radius 1 is 1.30 bits per heavy atom. The molecular weight excluding hydrogens is 280 g/mol. The molecule has 0 aliphatic rings. The fourth-order valence-electron chi connectivity index (χ4n) is 1.93. The average Bonchev–Trinajstić information content (AvgIpc) is 2.89. The molecule has 0 amide bonds. The molecule has 3 aromatic rings. The van der Waals surface area contributed by atoms with Crippen molar-refractivity contribution in [3.63, 3.8) is 0 Å². The third kappa shape index (κ3) is 2.31. The van der Waals surface area contributed by atoms with Gasteiger partial charge in [-0.05, 0) is 12.1 Å². The molecule has 102 valence electrons. The molecule has 1 aromatic carbocycles. The van der Waals surface area contributed by atoms with Gasteiger partial charge in [0.15, 0.2) is 0 Å². The summed E-state index contributed by atoms with van der Waals surface area (Å²) >= 11 is 6.00. The number of hydrogen-bond donors (Lipinski definition) is 2. The summed E-state index contributed by atoms with van der Waals surface area (Å²) in [6.07, 6.45) is 1.38. The highest BCUT2D eigenvalue weighted by Crippen LogP contribution is 2.32. The third-order valence-corrected chi connectivity index (χ3v) is 3.01. The third-order valence-electron chi connectivity index (χ3n) is 2.77. The molecule has 0 saturated heterocycles. The lowest BCUT2D eigenvalue weighted by Crippen LogP contribution is -2.07. The largest absolute Gasteiger partial charge is 0.395 e. The van der Waals surface area contributed by atoms with Gasteiger partial charge in [0.25, 0.3) is 5.71 Å². The van der Waals surface area contributed by atoms with Crippen molar-refractivity contribution < 1.29 is 9.63 Å². The van der Waals surface area contributed by atoms with Gasteiger partial charge in [-0.15, -0.1) is 0 Å². The first kappa shape index (κ1) is 12.8. The maximum absolute atomic E-state index is 8.91. The Kier molecular flexibility index (Phi) is 3.49. The van der Waals surface area contributed by atoms with Crippen LogP contribution in [0.2, 0.25) is 5.02 Å². The van der Waals surface area contributed by atoms with Crippen molar-refractivity contribution in [2.24, 2.45) is 0 Å². The summed E-state index contributed by atoms with van der Waals surface area (Å²) in [5.41, 5.74) is 1.82. The predicted molar refractivity (Wildman–Crippen MR) is 75.6 cm³/mol. The van der Waals surface area contributed by atoms with Crippen molar-refractivity contribution in [1.29, 1.82) is 0 Å². The number of hydrogen-bond acceptors (Lipinski definition) is 6. The van der Waals surface area contributed by atoms with Crippen LogP contribution in [-0.2, 0) is 0 Å². The molecule has 2 heterocycles. The monoisotopic (exact) mass is 290 g/mol. The first-order valence-corrected chi connectivity index (χ1v) is 6.38. The maximum atomic E-state index is 8.91. The molecule has 6 nitrogen and oxygen atoms in total. The van der Waals surface area contributed by atoms with E-state index in [9.17, 15) is 0 Å². The van der Waals surface area contributed by atoms with Gasteiger partial charge in [0, 0.05) is 17.1 Å². The average molecular weight is 291 g/mol. The molecule has 0 spiro atoms. The van der Waals surface area contributed by atoms with Gasteiger partial charge in [0.1, 0.15) is 23.2 Å². The molecule has 0 saturated carbocycles. The molecular formula is C13H11ClN4O2. The molecule has 0 bridgehead atoms. The Morgan fingerprint density at radius 2 is 2.20 bits per heavy atom. The topological polar surface area (TPSA) is 84.1 Å². The fourth-order valence-corrected chi connectivity index (χ4v) is 2.12. The molecule has 20 heavy (non-hydrogen) atoms. The zero-order chi connectivity index (χ0) is 13.9. The molecule has 0 aliphatic heterocycles. The van der Waals surface area contributed by atoms with Crippen LogP contribution in [0.4, 0.5) is 5.82 Å². The lowest BCUT2D eigenvalue weighted by Gasteiger charge is -2.04. The number of anilines is 1. The normalized spacial score (nSPS) is 10.9. The standard InChI is InChI=1S/C13H11ClN4O2/c14-9-3-1-2-8(6-9)11-10-12(15-4-5-19)16-7-17-13(10)20-18-11/h1-3,6-7,19H,4-5H2,(H,15,16,17). The molecule has 0 aliphatic carbocycles. The number of aliphatic hydroxyl groups is 1. The molecule has 2 aromatic heterocycles. The number of aromatic nitrogens is 3. The molecule has 0 atom stereocenters. The van der Waals surface area contributed by atoms with Gasteiger partial charge < -0.3 is 14.9 Å². The van der Waals surface area contributed by atoms with Crippen LogP contribution in [0.5, 0.6) is 0 Å². The van der Waals surface area contributed by atoms with Gasteiger partial charge in [0.05, 0.1) is 6.61 Å². The quantitative estimate of drug-likeness (QED) is 0.767. The first-order chi connectivity index (χ1) is 9.79. The summed E-state index contributed by atoms with van der Waals surface area (Å²) in [6, 6.07) is 7.30.